The zero-order valence-corrected chi connectivity index (χ0v) is 13.9. The van der Waals surface area contributed by atoms with Gasteiger partial charge in [-0.2, -0.15) is 0 Å². The van der Waals surface area contributed by atoms with E-state index in [2.05, 4.69) is 60.5 Å². The first kappa shape index (κ1) is 16.2. The largest absolute Gasteiger partial charge is 0.382 e. The lowest BCUT2D eigenvalue weighted by molar-refractivity contribution is -0.127. The van der Waals surface area contributed by atoms with E-state index in [1.165, 1.54) is 11.1 Å². The highest BCUT2D eigenvalue weighted by molar-refractivity contribution is 6.04. The van der Waals surface area contributed by atoms with Crippen molar-refractivity contribution in [3.8, 4) is 11.1 Å². The van der Waals surface area contributed by atoms with Gasteiger partial charge < -0.3 is 15.5 Å². The summed E-state index contributed by atoms with van der Waals surface area (Å²) < 4.78 is 0. The predicted octanol–water partition coefficient (Wildman–Crippen LogP) is 2.39. The van der Waals surface area contributed by atoms with Gasteiger partial charge in [-0.1, -0.05) is 53.7 Å². The molecule has 1 unspecified atom stereocenters. The number of rotatable bonds is 5. The summed E-state index contributed by atoms with van der Waals surface area (Å²) in [5.41, 5.74) is 10.6. The fraction of sp³-hybridized carbons (Fsp3) is 0.263. The van der Waals surface area contributed by atoms with Crippen LogP contribution in [0.15, 0.2) is 53.7 Å². The number of primary amides is 1. The third kappa shape index (κ3) is 3.46. The fourth-order valence-corrected chi connectivity index (χ4v) is 2.82. The Balaban J connectivity index is 1.82. The van der Waals surface area contributed by atoms with Gasteiger partial charge in [0.1, 0.15) is 0 Å². The van der Waals surface area contributed by atoms with Gasteiger partial charge in [-0.05, 0) is 36.3 Å². The van der Waals surface area contributed by atoms with Crippen molar-refractivity contribution in [3.63, 3.8) is 0 Å². The third-order valence-corrected chi connectivity index (χ3v) is 4.02. The molecule has 0 bridgehead atoms. The predicted molar refractivity (Wildman–Crippen MR) is 94.5 cm³/mol. The molecule has 1 atom stereocenters. The minimum Gasteiger partial charge on any atom is -0.382 e. The Hall–Kier alpha value is -2.66. The molecule has 0 fully saturated rings. The SMILES string of the molecule is CN(C)Cc1ccccc1-c1ccc(C2=NOC(C(N)=O)C2)cc1. The van der Waals surface area contributed by atoms with E-state index in [-0.39, 0.29) is 0 Å². The Morgan fingerprint density at radius 2 is 1.83 bits per heavy atom. The Labute approximate surface area is 141 Å². The second kappa shape index (κ2) is 6.84. The number of nitrogens with zero attached hydrogens (tertiary/aromatic N) is 2. The summed E-state index contributed by atoms with van der Waals surface area (Å²) in [4.78, 5) is 18.4. The van der Waals surface area contributed by atoms with E-state index < -0.39 is 12.0 Å². The van der Waals surface area contributed by atoms with Crippen LogP contribution in [0.5, 0.6) is 0 Å². The van der Waals surface area contributed by atoms with Crippen LogP contribution >= 0.6 is 0 Å². The summed E-state index contributed by atoms with van der Waals surface area (Å²) >= 11 is 0. The number of hydrogen-bond acceptors (Lipinski definition) is 4. The molecule has 5 nitrogen and oxygen atoms in total. The molecule has 2 N–H and O–H groups in total. The van der Waals surface area contributed by atoms with E-state index in [1.807, 2.05) is 12.1 Å². The van der Waals surface area contributed by atoms with E-state index in [0.29, 0.717) is 6.42 Å². The number of amides is 1. The summed E-state index contributed by atoms with van der Waals surface area (Å²) in [6.07, 6.45) is -0.230. The van der Waals surface area contributed by atoms with Crippen LogP contribution in [0.25, 0.3) is 11.1 Å². The Kier molecular flexibility index (Phi) is 4.62. The van der Waals surface area contributed by atoms with Crippen molar-refractivity contribution in [1.82, 2.24) is 4.90 Å². The molecule has 2 aromatic carbocycles. The zero-order chi connectivity index (χ0) is 17.1. The number of hydrogen-bond donors (Lipinski definition) is 1. The molecular formula is C19H21N3O2. The standard InChI is InChI=1S/C19H21N3O2/c1-22(2)12-15-5-3-4-6-16(15)13-7-9-14(10-8-13)17-11-18(19(20)23)24-21-17/h3-10,18H,11-12H2,1-2H3,(H2,20,23). The molecule has 5 heteroatoms. The van der Waals surface area contributed by atoms with E-state index in [9.17, 15) is 4.79 Å². The van der Waals surface area contributed by atoms with Crippen molar-refractivity contribution in [2.24, 2.45) is 10.9 Å². The fourth-order valence-electron chi connectivity index (χ4n) is 2.82. The molecule has 0 aliphatic carbocycles. The Morgan fingerprint density at radius 3 is 2.46 bits per heavy atom. The highest BCUT2D eigenvalue weighted by Crippen LogP contribution is 2.26. The van der Waals surface area contributed by atoms with E-state index in [1.54, 1.807) is 0 Å². The summed E-state index contributed by atoms with van der Waals surface area (Å²) in [6.45, 7) is 0.888. The monoisotopic (exact) mass is 323 g/mol. The number of nitrogens with two attached hydrogens (primary N) is 1. The van der Waals surface area contributed by atoms with Crippen LogP contribution in [-0.2, 0) is 16.2 Å². The topological polar surface area (TPSA) is 67.9 Å². The molecule has 1 aliphatic heterocycles. The molecule has 2 aromatic rings. The molecule has 3 rings (SSSR count). The molecule has 0 spiro atoms. The molecular weight excluding hydrogens is 302 g/mol. The average Bonchev–Trinajstić information content (AvgIpc) is 3.05. The van der Waals surface area contributed by atoms with Gasteiger partial charge in [0.2, 0.25) is 6.10 Å². The summed E-state index contributed by atoms with van der Waals surface area (Å²) in [5.74, 6) is -0.483. The smallest absolute Gasteiger partial charge is 0.261 e. The van der Waals surface area contributed by atoms with Gasteiger partial charge in [0.05, 0.1) is 5.71 Å². The average molecular weight is 323 g/mol. The van der Waals surface area contributed by atoms with Crippen molar-refractivity contribution >= 4 is 11.6 Å². The molecule has 1 heterocycles. The second-order valence-electron chi connectivity index (χ2n) is 6.21. The van der Waals surface area contributed by atoms with Gasteiger partial charge in [0.15, 0.2) is 0 Å². The summed E-state index contributed by atoms with van der Waals surface area (Å²) in [5, 5.41) is 3.98. The highest BCUT2D eigenvalue weighted by atomic mass is 16.6. The minimum atomic E-state index is -0.652. The van der Waals surface area contributed by atoms with Crippen LogP contribution in [-0.4, -0.2) is 36.7 Å². The third-order valence-electron chi connectivity index (χ3n) is 4.02. The molecule has 0 radical (unpaired) electrons. The van der Waals surface area contributed by atoms with Crippen molar-refractivity contribution in [2.75, 3.05) is 14.1 Å². The van der Waals surface area contributed by atoms with E-state index >= 15 is 0 Å². The number of carbonyl (C=O) groups is 1. The van der Waals surface area contributed by atoms with Crippen LogP contribution in [0.4, 0.5) is 0 Å². The molecule has 24 heavy (non-hydrogen) atoms. The van der Waals surface area contributed by atoms with Crippen LogP contribution in [0.2, 0.25) is 0 Å². The Morgan fingerprint density at radius 1 is 1.17 bits per heavy atom. The van der Waals surface area contributed by atoms with Gasteiger partial charge in [-0.25, -0.2) is 0 Å². The maximum atomic E-state index is 11.2. The van der Waals surface area contributed by atoms with Crippen LogP contribution in [0.3, 0.4) is 0 Å². The molecule has 0 saturated heterocycles. The normalized spacial score (nSPS) is 16.8. The lowest BCUT2D eigenvalue weighted by Gasteiger charge is -2.14. The molecule has 1 amide bonds. The number of benzene rings is 2. The molecule has 0 saturated carbocycles. The van der Waals surface area contributed by atoms with Crippen LogP contribution in [0.1, 0.15) is 17.5 Å². The van der Waals surface area contributed by atoms with Gasteiger partial charge in [0, 0.05) is 13.0 Å². The van der Waals surface area contributed by atoms with Crippen molar-refractivity contribution < 1.29 is 9.63 Å². The molecule has 1 aliphatic rings. The Bertz CT molecular complexity index is 766. The van der Waals surface area contributed by atoms with Crippen LogP contribution in [0, 0.1) is 0 Å². The number of carbonyl (C=O) groups excluding carboxylic acids is 1. The first-order chi connectivity index (χ1) is 11.5. The molecule has 0 aromatic heterocycles. The van der Waals surface area contributed by atoms with Crippen molar-refractivity contribution in [2.45, 2.75) is 19.1 Å². The van der Waals surface area contributed by atoms with Crippen molar-refractivity contribution in [1.29, 1.82) is 0 Å². The van der Waals surface area contributed by atoms with Gasteiger partial charge in [-0.15, -0.1) is 0 Å². The second-order valence-corrected chi connectivity index (χ2v) is 6.21. The minimum absolute atomic E-state index is 0.423. The van der Waals surface area contributed by atoms with E-state index in [4.69, 9.17) is 10.6 Å². The summed E-state index contributed by atoms with van der Waals surface area (Å²) in [6, 6.07) is 16.6. The maximum absolute atomic E-state index is 11.2. The maximum Gasteiger partial charge on any atom is 0.261 e. The zero-order valence-electron chi connectivity index (χ0n) is 13.9. The first-order valence-electron chi connectivity index (χ1n) is 7.90. The van der Waals surface area contributed by atoms with Gasteiger partial charge >= 0.3 is 0 Å². The first-order valence-corrected chi connectivity index (χ1v) is 7.90. The van der Waals surface area contributed by atoms with E-state index in [0.717, 1.165) is 23.4 Å². The highest BCUT2D eigenvalue weighted by Gasteiger charge is 2.26. The lowest BCUT2D eigenvalue weighted by atomic mass is 9.96. The summed E-state index contributed by atoms with van der Waals surface area (Å²) in [7, 11) is 4.13. The number of oxime groups is 1. The van der Waals surface area contributed by atoms with Gasteiger partial charge in [0.25, 0.3) is 5.91 Å². The quantitative estimate of drug-likeness (QED) is 0.918. The van der Waals surface area contributed by atoms with Crippen LogP contribution < -0.4 is 5.73 Å². The van der Waals surface area contributed by atoms with Crippen molar-refractivity contribution in [3.05, 3.63) is 59.7 Å². The van der Waals surface area contributed by atoms with Gasteiger partial charge in [-0.3, -0.25) is 4.79 Å². The molecule has 124 valence electrons. The lowest BCUT2D eigenvalue weighted by Crippen LogP contribution is -2.28.